The van der Waals surface area contributed by atoms with Crippen LogP contribution in [0.1, 0.15) is 12.8 Å². The molecular weight excluding hydrogens is 304 g/mol. The molecule has 122 valence electrons. The van der Waals surface area contributed by atoms with Gasteiger partial charge < -0.3 is 9.84 Å². The normalized spacial score (nSPS) is 16.9. The van der Waals surface area contributed by atoms with E-state index >= 15 is 0 Å². The van der Waals surface area contributed by atoms with Crippen LogP contribution in [0.5, 0.6) is 5.75 Å². The predicted octanol–water partition coefficient (Wildman–Crippen LogP) is 2.20. The Labute approximate surface area is 136 Å². The molecule has 1 heterocycles. The molecule has 1 aliphatic heterocycles. The molecular formula is C16H23ClN2O3. The second-order valence-corrected chi connectivity index (χ2v) is 6.12. The largest absolute Gasteiger partial charge is 0.492 e. The molecule has 1 fully saturated rings. The van der Waals surface area contributed by atoms with Gasteiger partial charge in [-0.2, -0.15) is 0 Å². The summed E-state index contributed by atoms with van der Waals surface area (Å²) in [5.41, 5.74) is 0. The zero-order valence-corrected chi connectivity index (χ0v) is 13.6. The molecule has 0 saturated carbocycles. The van der Waals surface area contributed by atoms with Crippen LogP contribution >= 0.6 is 11.6 Å². The lowest BCUT2D eigenvalue weighted by Gasteiger charge is -2.36. The van der Waals surface area contributed by atoms with Gasteiger partial charge in [-0.15, -0.1) is 0 Å². The zero-order valence-electron chi connectivity index (χ0n) is 12.9. The molecule has 22 heavy (non-hydrogen) atoms. The van der Waals surface area contributed by atoms with Crippen LogP contribution in [0.15, 0.2) is 24.3 Å². The molecule has 0 bridgehead atoms. The quantitative estimate of drug-likeness (QED) is 0.832. The number of nitrogens with zero attached hydrogens (tertiary/aromatic N) is 2. The maximum Gasteiger partial charge on any atom is 0.317 e. The average molecular weight is 327 g/mol. The average Bonchev–Trinajstić information content (AvgIpc) is 2.47. The van der Waals surface area contributed by atoms with Crippen LogP contribution in [0, 0.1) is 0 Å². The summed E-state index contributed by atoms with van der Waals surface area (Å²) in [6.45, 7) is 3.58. The highest BCUT2D eigenvalue weighted by Gasteiger charge is 2.23. The van der Waals surface area contributed by atoms with Crippen LogP contribution in [0.25, 0.3) is 0 Å². The smallest absolute Gasteiger partial charge is 0.317 e. The highest BCUT2D eigenvalue weighted by Crippen LogP contribution is 2.18. The lowest BCUT2D eigenvalue weighted by molar-refractivity contribution is -0.138. The van der Waals surface area contributed by atoms with Gasteiger partial charge in [0.15, 0.2) is 0 Å². The number of piperidine rings is 1. The van der Waals surface area contributed by atoms with Gasteiger partial charge in [0.2, 0.25) is 0 Å². The lowest BCUT2D eigenvalue weighted by atomic mass is 10.0. The highest BCUT2D eigenvalue weighted by atomic mass is 35.5. The van der Waals surface area contributed by atoms with Crippen molar-refractivity contribution >= 4 is 17.6 Å². The fourth-order valence-corrected chi connectivity index (χ4v) is 2.96. The standard InChI is InChI=1S/C16H23ClN2O3/c1-18(12-16(20)21)14-5-7-19(8-6-14)9-10-22-15-4-2-3-13(17)11-15/h2-4,11,14H,5-10,12H2,1H3,(H,20,21). The van der Waals surface area contributed by atoms with Gasteiger partial charge in [-0.05, 0) is 51.2 Å². The first-order chi connectivity index (χ1) is 10.5. The summed E-state index contributed by atoms with van der Waals surface area (Å²) in [6, 6.07) is 7.78. The summed E-state index contributed by atoms with van der Waals surface area (Å²) in [7, 11) is 1.89. The van der Waals surface area contributed by atoms with E-state index in [0.29, 0.717) is 17.7 Å². The topological polar surface area (TPSA) is 53.0 Å². The number of hydrogen-bond acceptors (Lipinski definition) is 4. The molecule has 0 unspecified atom stereocenters. The number of hydrogen-bond donors (Lipinski definition) is 1. The maximum atomic E-state index is 10.7. The molecule has 0 atom stereocenters. The molecule has 1 aromatic carbocycles. The second-order valence-electron chi connectivity index (χ2n) is 5.69. The third kappa shape index (κ3) is 5.48. The van der Waals surface area contributed by atoms with Crippen molar-refractivity contribution in [1.29, 1.82) is 0 Å². The summed E-state index contributed by atoms with van der Waals surface area (Å²) in [6.07, 6.45) is 2.00. The Bertz CT molecular complexity index is 490. The Morgan fingerprint density at radius 2 is 2.18 bits per heavy atom. The SMILES string of the molecule is CN(CC(=O)O)C1CCN(CCOc2cccc(Cl)c2)CC1. The predicted molar refractivity (Wildman–Crippen MR) is 86.7 cm³/mol. The summed E-state index contributed by atoms with van der Waals surface area (Å²) in [4.78, 5) is 15.0. The van der Waals surface area contributed by atoms with Gasteiger partial charge in [-0.3, -0.25) is 14.6 Å². The summed E-state index contributed by atoms with van der Waals surface area (Å²) < 4.78 is 5.70. The van der Waals surface area contributed by atoms with Gasteiger partial charge in [0, 0.05) is 17.6 Å². The van der Waals surface area contributed by atoms with Crippen molar-refractivity contribution in [2.24, 2.45) is 0 Å². The molecule has 0 spiro atoms. The summed E-state index contributed by atoms with van der Waals surface area (Å²) in [5.74, 6) is 0.0310. The van der Waals surface area contributed by atoms with Gasteiger partial charge in [0.05, 0.1) is 6.54 Å². The summed E-state index contributed by atoms with van der Waals surface area (Å²) >= 11 is 5.92. The van der Waals surface area contributed by atoms with Gasteiger partial charge in [0.1, 0.15) is 12.4 Å². The molecule has 0 aromatic heterocycles. The van der Waals surface area contributed by atoms with E-state index in [1.165, 1.54) is 0 Å². The maximum absolute atomic E-state index is 10.7. The van der Waals surface area contributed by atoms with E-state index in [1.807, 2.05) is 36.2 Å². The van der Waals surface area contributed by atoms with Crippen molar-refractivity contribution in [3.63, 3.8) is 0 Å². The fourth-order valence-electron chi connectivity index (χ4n) is 2.78. The number of carbonyl (C=O) groups is 1. The van der Waals surface area contributed by atoms with Crippen molar-refractivity contribution in [2.45, 2.75) is 18.9 Å². The van der Waals surface area contributed by atoms with Crippen molar-refractivity contribution in [2.75, 3.05) is 39.8 Å². The van der Waals surface area contributed by atoms with Gasteiger partial charge >= 0.3 is 5.97 Å². The van der Waals surface area contributed by atoms with Crippen LogP contribution in [-0.2, 0) is 4.79 Å². The number of benzene rings is 1. The first-order valence-electron chi connectivity index (χ1n) is 7.57. The molecule has 1 aromatic rings. The molecule has 0 amide bonds. The molecule has 5 nitrogen and oxygen atoms in total. The third-order valence-corrected chi connectivity index (χ3v) is 4.27. The highest BCUT2D eigenvalue weighted by molar-refractivity contribution is 6.30. The molecule has 0 radical (unpaired) electrons. The minimum atomic E-state index is -0.764. The Hall–Kier alpha value is -1.30. The molecule has 1 N–H and O–H groups in total. The van der Waals surface area contributed by atoms with E-state index in [9.17, 15) is 4.79 Å². The first-order valence-corrected chi connectivity index (χ1v) is 7.95. The zero-order chi connectivity index (χ0) is 15.9. The number of ether oxygens (including phenoxy) is 1. The van der Waals surface area contributed by atoms with Gasteiger partial charge in [0.25, 0.3) is 0 Å². The fraction of sp³-hybridized carbons (Fsp3) is 0.562. The van der Waals surface area contributed by atoms with E-state index in [4.69, 9.17) is 21.4 Å². The van der Waals surface area contributed by atoms with Crippen LogP contribution < -0.4 is 4.74 Å². The lowest BCUT2D eigenvalue weighted by Crippen LogP contribution is -2.45. The number of carboxylic acids is 1. The molecule has 1 aliphatic rings. The number of aliphatic carboxylic acids is 1. The van der Waals surface area contributed by atoms with Gasteiger partial charge in [-0.25, -0.2) is 0 Å². The second kappa shape index (κ2) is 8.36. The number of halogens is 1. The first kappa shape index (κ1) is 17.1. The number of carboxylic acid groups (broad SMARTS) is 1. The number of likely N-dealkylation sites (tertiary alicyclic amines) is 1. The van der Waals surface area contributed by atoms with Crippen molar-refractivity contribution in [1.82, 2.24) is 9.80 Å². The molecule has 6 heteroatoms. The van der Waals surface area contributed by atoms with Crippen molar-refractivity contribution in [3.05, 3.63) is 29.3 Å². The Morgan fingerprint density at radius 3 is 2.82 bits per heavy atom. The van der Waals surface area contributed by atoms with Crippen molar-refractivity contribution in [3.8, 4) is 5.75 Å². The van der Waals surface area contributed by atoms with E-state index < -0.39 is 5.97 Å². The Morgan fingerprint density at radius 1 is 1.45 bits per heavy atom. The number of likely N-dealkylation sites (N-methyl/N-ethyl adjacent to an activating group) is 1. The van der Waals surface area contributed by atoms with E-state index in [1.54, 1.807) is 0 Å². The Balaban J connectivity index is 1.66. The summed E-state index contributed by atoms with van der Waals surface area (Å²) in [5, 5.41) is 9.51. The Kier molecular flexibility index (Phi) is 6.49. The van der Waals surface area contributed by atoms with E-state index in [0.717, 1.165) is 38.2 Å². The third-order valence-electron chi connectivity index (χ3n) is 4.04. The van der Waals surface area contributed by atoms with Crippen LogP contribution in [0.2, 0.25) is 5.02 Å². The molecule has 0 aliphatic carbocycles. The molecule has 2 rings (SSSR count). The van der Waals surface area contributed by atoms with Gasteiger partial charge in [-0.1, -0.05) is 17.7 Å². The van der Waals surface area contributed by atoms with Crippen LogP contribution in [-0.4, -0.2) is 66.8 Å². The number of rotatable bonds is 7. The minimum absolute atomic E-state index is 0.114. The minimum Gasteiger partial charge on any atom is -0.492 e. The monoisotopic (exact) mass is 326 g/mol. The van der Waals surface area contributed by atoms with Crippen molar-refractivity contribution < 1.29 is 14.6 Å². The van der Waals surface area contributed by atoms with Crippen LogP contribution in [0.4, 0.5) is 0 Å². The van der Waals surface area contributed by atoms with E-state index in [-0.39, 0.29) is 6.54 Å². The molecule has 1 saturated heterocycles. The van der Waals surface area contributed by atoms with E-state index in [2.05, 4.69) is 4.90 Å². The van der Waals surface area contributed by atoms with Crippen LogP contribution in [0.3, 0.4) is 0 Å².